The van der Waals surface area contributed by atoms with Gasteiger partial charge in [-0.05, 0) is 24.5 Å². The minimum atomic E-state index is 0.259. The first kappa shape index (κ1) is 9.87. The average Bonchev–Trinajstić information content (AvgIpc) is 2.68. The van der Waals surface area contributed by atoms with Gasteiger partial charge in [-0.1, -0.05) is 18.2 Å². The topological polar surface area (TPSA) is 48.0 Å². The van der Waals surface area contributed by atoms with Gasteiger partial charge in [0.05, 0.1) is 0 Å². The molecule has 1 aromatic heterocycles. The quantitative estimate of drug-likeness (QED) is 0.713. The van der Waals surface area contributed by atoms with Gasteiger partial charge < -0.3 is 15.4 Å². The number of aliphatic hydroxyl groups excluding tert-OH is 1. The van der Waals surface area contributed by atoms with Gasteiger partial charge in [-0.15, -0.1) is 0 Å². The second-order valence-corrected chi connectivity index (χ2v) is 4.42. The van der Waals surface area contributed by atoms with Crippen LogP contribution in [0.15, 0.2) is 24.3 Å². The third-order valence-electron chi connectivity index (χ3n) is 3.40. The molecular formula is C13H16N2O. The lowest BCUT2D eigenvalue weighted by molar-refractivity contribution is 0.260. The van der Waals surface area contributed by atoms with Gasteiger partial charge in [0.2, 0.25) is 0 Å². The van der Waals surface area contributed by atoms with Gasteiger partial charge in [0.25, 0.3) is 0 Å². The number of para-hydroxylation sites is 1. The third-order valence-corrected chi connectivity index (χ3v) is 3.40. The van der Waals surface area contributed by atoms with Crippen LogP contribution in [0.2, 0.25) is 0 Å². The van der Waals surface area contributed by atoms with Crippen LogP contribution in [0.5, 0.6) is 0 Å². The van der Waals surface area contributed by atoms with Crippen molar-refractivity contribution in [1.82, 2.24) is 10.3 Å². The lowest BCUT2D eigenvalue weighted by atomic mass is 9.97. The molecule has 3 N–H and O–H groups in total. The second kappa shape index (κ2) is 3.92. The molecule has 0 radical (unpaired) electrons. The molecule has 84 valence electrons. The minimum absolute atomic E-state index is 0.259. The summed E-state index contributed by atoms with van der Waals surface area (Å²) in [5.41, 5.74) is 3.95. The Morgan fingerprint density at radius 3 is 3.06 bits per heavy atom. The smallest absolute Gasteiger partial charge is 0.0459 e. The summed E-state index contributed by atoms with van der Waals surface area (Å²) in [4.78, 5) is 3.45. The Morgan fingerprint density at radius 2 is 2.19 bits per heavy atom. The second-order valence-electron chi connectivity index (χ2n) is 4.42. The maximum Gasteiger partial charge on any atom is 0.0459 e. The molecule has 0 saturated heterocycles. The number of aliphatic hydroxyl groups is 1. The van der Waals surface area contributed by atoms with Gasteiger partial charge in [0.1, 0.15) is 0 Å². The SMILES string of the molecule is OCC[C@H]1Cc2c([nH]c3ccccc23)CN1. The number of H-pyrrole nitrogens is 1. The van der Waals surface area contributed by atoms with Crippen LogP contribution in [0.3, 0.4) is 0 Å². The molecular weight excluding hydrogens is 200 g/mol. The maximum absolute atomic E-state index is 8.98. The highest BCUT2D eigenvalue weighted by Crippen LogP contribution is 2.26. The van der Waals surface area contributed by atoms with E-state index in [0.29, 0.717) is 6.04 Å². The van der Waals surface area contributed by atoms with Crippen molar-refractivity contribution < 1.29 is 5.11 Å². The van der Waals surface area contributed by atoms with Crippen molar-refractivity contribution in [2.75, 3.05) is 6.61 Å². The van der Waals surface area contributed by atoms with E-state index in [1.54, 1.807) is 0 Å². The van der Waals surface area contributed by atoms with E-state index in [9.17, 15) is 0 Å². The van der Waals surface area contributed by atoms with Gasteiger partial charge in [0.15, 0.2) is 0 Å². The highest BCUT2D eigenvalue weighted by Gasteiger charge is 2.20. The normalized spacial score (nSPS) is 19.9. The summed E-state index contributed by atoms with van der Waals surface area (Å²) in [6.07, 6.45) is 1.85. The summed E-state index contributed by atoms with van der Waals surface area (Å²) in [7, 11) is 0. The number of fused-ring (bicyclic) bond motifs is 3. The summed E-state index contributed by atoms with van der Waals surface area (Å²) in [5.74, 6) is 0. The van der Waals surface area contributed by atoms with E-state index in [2.05, 4.69) is 34.6 Å². The van der Waals surface area contributed by atoms with Crippen LogP contribution in [-0.4, -0.2) is 22.7 Å². The van der Waals surface area contributed by atoms with Crippen molar-refractivity contribution in [2.45, 2.75) is 25.4 Å². The number of nitrogens with one attached hydrogen (secondary N) is 2. The summed E-state index contributed by atoms with van der Waals surface area (Å²) < 4.78 is 0. The van der Waals surface area contributed by atoms with E-state index in [-0.39, 0.29) is 6.61 Å². The van der Waals surface area contributed by atoms with Gasteiger partial charge >= 0.3 is 0 Å². The molecule has 0 amide bonds. The number of benzene rings is 1. The molecule has 1 aliphatic heterocycles. The number of hydrogen-bond acceptors (Lipinski definition) is 2. The number of rotatable bonds is 2. The first-order valence-corrected chi connectivity index (χ1v) is 5.81. The molecule has 2 heterocycles. The van der Waals surface area contributed by atoms with Crippen molar-refractivity contribution in [1.29, 1.82) is 0 Å². The van der Waals surface area contributed by atoms with Crippen molar-refractivity contribution in [2.24, 2.45) is 0 Å². The van der Waals surface area contributed by atoms with Gasteiger partial charge in [-0.2, -0.15) is 0 Å². The zero-order valence-corrected chi connectivity index (χ0v) is 9.16. The zero-order valence-electron chi connectivity index (χ0n) is 9.16. The lowest BCUT2D eigenvalue weighted by Crippen LogP contribution is -2.35. The van der Waals surface area contributed by atoms with E-state index >= 15 is 0 Å². The number of hydrogen-bond donors (Lipinski definition) is 3. The van der Waals surface area contributed by atoms with E-state index in [4.69, 9.17) is 5.11 Å². The monoisotopic (exact) mass is 216 g/mol. The Morgan fingerprint density at radius 1 is 1.31 bits per heavy atom. The van der Waals surface area contributed by atoms with Gasteiger partial charge in [-0.25, -0.2) is 0 Å². The first-order chi connectivity index (χ1) is 7.88. The highest BCUT2D eigenvalue weighted by atomic mass is 16.3. The van der Waals surface area contributed by atoms with E-state index in [1.165, 1.54) is 22.2 Å². The van der Waals surface area contributed by atoms with Crippen LogP contribution in [-0.2, 0) is 13.0 Å². The Bertz CT molecular complexity index is 504. The first-order valence-electron chi connectivity index (χ1n) is 5.81. The van der Waals surface area contributed by atoms with E-state index in [1.807, 2.05) is 0 Å². The molecule has 2 aromatic rings. The standard InChI is InChI=1S/C13H16N2O/c16-6-5-9-7-11-10-3-1-2-4-12(10)15-13(11)8-14-9/h1-4,9,14-16H,5-8H2/t9-/m0/s1. The molecule has 1 atom stereocenters. The van der Waals surface area contributed by atoms with Crippen LogP contribution in [0, 0.1) is 0 Å². The van der Waals surface area contributed by atoms with Gasteiger partial charge in [0, 0.05) is 35.8 Å². The van der Waals surface area contributed by atoms with Crippen LogP contribution in [0.1, 0.15) is 17.7 Å². The number of aromatic amines is 1. The predicted molar refractivity (Wildman–Crippen MR) is 64.3 cm³/mol. The van der Waals surface area contributed by atoms with Crippen molar-refractivity contribution in [3.05, 3.63) is 35.5 Å². The van der Waals surface area contributed by atoms with Crippen LogP contribution in [0.4, 0.5) is 0 Å². The molecule has 1 aromatic carbocycles. The molecule has 0 aliphatic carbocycles. The largest absolute Gasteiger partial charge is 0.396 e. The highest BCUT2D eigenvalue weighted by molar-refractivity contribution is 5.84. The fourth-order valence-corrected chi connectivity index (χ4v) is 2.56. The van der Waals surface area contributed by atoms with Crippen LogP contribution < -0.4 is 5.32 Å². The molecule has 0 saturated carbocycles. The molecule has 3 rings (SSSR count). The van der Waals surface area contributed by atoms with Crippen LogP contribution in [0.25, 0.3) is 10.9 Å². The van der Waals surface area contributed by atoms with Crippen molar-refractivity contribution in [3.8, 4) is 0 Å². The zero-order chi connectivity index (χ0) is 11.0. The molecule has 0 bridgehead atoms. The average molecular weight is 216 g/mol. The van der Waals surface area contributed by atoms with Crippen molar-refractivity contribution >= 4 is 10.9 Å². The Labute approximate surface area is 94.5 Å². The molecule has 0 spiro atoms. The van der Waals surface area contributed by atoms with E-state index < -0.39 is 0 Å². The third kappa shape index (κ3) is 1.52. The molecule has 3 nitrogen and oxygen atoms in total. The Hall–Kier alpha value is -1.32. The van der Waals surface area contributed by atoms with Crippen LogP contribution >= 0.6 is 0 Å². The summed E-state index contributed by atoms with van der Waals surface area (Å²) in [6.45, 7) is 1.14. The summed E-state index contributed by atoms with van der Waals surface area (Å²) in [6, 6.07) is 8.85. The Kier molecular flexibility index (Phi) is 2.42. The number of aromatic nitrogens is 1. The van der Waals surface area contributed by atoms with E-state index in [0.717, 1.165) is 19.4 Å². The molecule has 0 fully saturated rings. The summed E-state index contributed by atoms with van der Waals surface area (Å²) in [5, 5.41) is 13.8. The lowest BCUT2D eigenvalue weighted by Gasteiger charge is -2.23. The Balaban J connectivity index is 2.01. The molecule has 16 heavy (non-hydrogen) atoms. The maximum atomic E-state index is 8.98. The minimum Gasteiger partial charge on any atom is -0.396 e. The molecule has 3 heteroatoms. The fourth-order valence-electron chi connectivity index (χ4n) is 2.56. The predicted octanol–water partition coefficient (Wildman–Crippen LogP) is 1.56. The van der Waals surface area contributed by atoms with Crippen molar-refractivity contribution in [3.63, 3.8) is 0 Å². The fraction of sp³-hybridized carbons (Fsp3) is 0.385. The van der Waals surface area contributed by atoms with Gasteiger partial charge in [-0.3, -0.25) is 0 Å². The molecule has 1 aliphatic rings. The summed E-state index contributed by atoms with van der Waals surface area (Å²) >= 11 is 0. The molecule has 0 unspecified atom stereocenters.